The van der Waals surface area contributed by atoms with Crippen LogP contribution in [0.1, 0.15) is 64.7 Å². The molecule has 86 valence electrons. The van der Waals surface area contributed by atoms with E-state index in [0.717, 1.165) is 17.8 Å². The summed E-state index contributed by atoms with van der Waals surface area (Å²) in [6.45, 7) is 6.33. The van der Waals surface area contributed by atoms with Crippen molar-refractivity contribution in [3.05, 3.63) is 12.2 Å². The van der Waals surface area contributed by atoms with Crippen molar-refractivity contribution in [2.24, 2.45) is 17.8 Å². The minimum Gasteiger partial charge on any atom is -0.0999 e. The lowest BCUT2D eigenvalue weighted by molar-refractivity contribution is 0.177. The third-order valence-corrected chi connectivity index (χ3v) is 4.79. The van der Waals surface area contributed by atoms with Gasteiger partial charge in [-0.2, -0.15) is 0 Å². The van der Waals surface area contributed by atoms with Crippen LogP contribution in [0, 0.1) is 17.8 Å². The lowest BCUT2D eigenvalue weighted by Gasteiger charge is -2.36. The zero-order valence-corrected chi connectivity index (χ0v) is 10.3. The summed E-state index contributed by atoms with van der Waals surface area (Å²) in [4.78, 5) is 0. The van der Waals surface area contributed by atoms with Crippen LogP contribution in [0.15, 0.2) is 12.2 Å². The Morgan fingerprint density at radius 1 is 0.800 bits per heavy atom. The third kappa shape index (κ3) is 2.86. The Balaban J connectivity index is 1.79. The Morgan fingerprint density at radius 2 is 1.33 bits per heavy atom. The van der Waals surface area contributed by atoms with E-state index in [1.807, 2.05) is 0 Å². The maximum Gasteiger partial charge on any atom is -0.0208 e. The fraction of sp³-hybridized carbons (Fsp3) is 0.867. The molecule has 0 nitrogen and oxygen atoms in total. The van der Waals surface area contributed by atoms with E-state index in [1.165, 1.54) is 63.4 Å². The van der Waals surface area contributed by atoms with Crippen LogP contribution < -0.4 is 0 Å². The molecule has 0 heteroatoms. The van der Waals surface area contributed by atoms with Gasteiger partial charge in [0.15, 0.2) is 0 Å². The Kier molecular flexibility index (Phi) is 3.88. The van der Waals surface area contributed by atoms with Gasteiger partial charge in [0.1, 0.15) is 0 Å². The van der Waals surface area contributed by atoms with E-state index >= 15 is 0 Å². The van der Waals surface area contributed by atoms with Crippen LogP contribution in [-0.4, -0.2) is 0 Å². The molecule has 0 atom stereocenters. The summed E-state index contributed by atoms with van der Waals surface area (Å²) in [5.74, 6) is 3.01. The second kappa shape index (κ2) is 5.18. The largest absolute Gasteiger partial charge is 0.0999 e. The maximum atomic E-state index is 4.12. The van der Waals surface area contributed by atoms with E-state index in [9.17, 15) is 0 Å². The minimum absolute atomic E-state index is 0.852. The highest BCUT2D eigenvalue weighted by Gasteiger charge is 2.28. The molecule has 0 unspecified atom stereocenters. The van der Waals surface area contributed by atoms with Gasteiger partial charge in [-0.15, -0.1) is 0 Å². The summed E-state index contributed by atoms with van der Waals surface area (Å²) in [6.07, 6.45) is 13.4. The highest BCUT2D eigenvalue weighted by Crippen LogP contribution is 2.41. The average molecular weight is 206 g/mol. The first-order valence-electron chi connectivity index (χ1n) is 6.93. The van der Waals surface area contributed by atoms with Crippen molar-refractivity contribution >= 4 is 0 Å². The van der Waals surface area contributed by atoms with Gasteiger partial charge in [0.05, 0.1) is 0 Å². The molecule has 2 rings (SSSR count). The van der Waals surface area contributed by atoms with Gasteiger partial charge in [-0.05, 0) is 50.4 Å². The molecule has 2 saturated carbocycles. The standard InChI is InChI=1S/C15H26/c1-12(2)13-8-10-15(11-9-13)14-6-4-3-5-7-14/h13-15H,1,3-11H2,2H3. The number of hydrogen-bond donors (Lipinski definition) is 0. The molecule has 0 amide bonds. The molecule has 0 spiro atoms. The Hall–Kier alpha value is -0.260. The van der Waals surface area contributed by atoms with Crippen molar-refractivity contribution in [3.8, 4) is 0 Å². The van der Waals surface area contributed by atoms with Crippen LogP contribution in [0.4, 0.5) is 0 Å². The molecule has 2 fully saturated rings. The van der Waals surface area contributed by atoms with Gasteiger partial charge >= 0.3 is 0 Å². The smallest absolute Gasteiger partial charge is 0.0208 e. The van der Waals surface area contributed by atoms with Gasteiger partial charge in [0.2, 0.25) is 0 Å². The summed E-state index contributed by atoms with van der Waals surface area (Å²) in [7, 11) is 0. The van der Waals surface area contributed by atoms with Gasteiger partial charge in [0.25, 0.3) is 0 Å². The molecule has 2 aliphatic carbocycles. The SMILES string of the molecule is C=C(C)C1CCC(C2CCCCC2)CC1. The zero-order valence-electron chi connectivity index (χ0n) is 10.3. The lowest BCUT2D eigenvalue weighted by Crippen LogP contribution is -2.23. The predicted octanol–water partition coefficient (Wildman–Crippen LogP) is 4.95. The Labute approximate surface area is 95.1 Å². The molecule has 0 bridgehead atoms. The van der Waals surface area contributed by atoms with E-state index in [2.05, 4.69) is 13.5 Å². The van der Waals surface area contributed by atoms with E-state index in [4.69, 9.17) is 0 Å². The maximum absolute atomic E-state index is 4.12. The minimum atomic E-state index is 0.852. The number of allylic oxidation sites excluding steroid dienone is 1. The molecule has 0 aromatic rings. The van der Waals surface area contributed by atoms with Gasteiger partial charge in [0, 0.05) is 0 Å². The molecular weight excluding hydrogens is 180 g/mol. The van der Waals surface area contributed by atoms with Crippen molar-refractivity contribution < 1.29 is 0 Å². The van der Waals surface area contributed by atoms with E-state index in [0.29, 0.717) is 0 Å². The van der Waals surface area contributed by atoms with Crippen molar-refractivity contribution in [2.75, 3.05) is 0 Å². The first-order valence-corrected chi connectivity index (χ1v) is 6.93. The topological polar surface area (TPSA) is 0 Å². The second-order valence-corrected chi connectivity index (χ2v) is 5.86. The molecule has 0 N–H and O–H groups in total. The lowest BCUT2D eigenvalue weighted by atomic mass is 9.70. The summed E-state index contributed by atoms with van der Waals surface area (Å²) in [6, 6.07) is 0. The number of hydrogen-bond acceptors (Lipinski definition) is 0. The van der Waals surface area contributed by atoms with Crippen molar-refractivity contribution in [3.63, 3.8) is 0 Å². The van der Waals surface area contributed by atoms with Crippen LogP contribution in [0.25, 0.3) is 0 Å². The average Bonchev–Trinajstić information content (AvgIpc) is 2.30. The number of rotatable bonds is 2. The summed E-state index contributed by atoms with van der Waals surface area (Å²) < 4.78 is 0. The van der Waals surface area contributed by atoms with Crippen molar-refractivity contribution in [1.29, 1.82) is 0 Å². The van der Waals surface area contributed by atoms with Crippen molar-refractivity contribution in [2.45, 2.75) is 64.7 Å². The summed E-state index contributed by atoms with van der Waals surface area (Å²) in [5, 5.41) is 0. The van der Waals surface area contributed by atoms with E-state index < -0.39 is 0 Å². The summed E-state index contributed by atoms with van der Waals surface area (Å²) in [5.41, 5.74) is 1.43. The molecule has 0 saturated heterocycles. The van der Waals surface area contributed by atoms with E-state index in [-0.39, 0.29) is 0 Å². The van der Waals surface area contributed by atoms with Crippen LogP contribution in [-0.2, 0) is 0 Å². The molecule has 15 heavy (non-hydrogen) atoms. The van der Waals surface area contributed by atoms with Gasteiger partial charge in [-0.3, -0.25) is 0 Å². The highest BCUT2D eigenvalue weighted by atomic mass is 14.3. The predicted molar refractivity (Wildman–Crippen MR) is 66.8 cm³/mol. The van der Waals surface area contributed by atoms with Crippen LogP contribution in [0.2, 0.25) is 0 Å². The molecular formula is C15H26. The first kappa shape index (κ1) is 11.2. The van der Waals surface area contributed by atoms with Crippen molar-refractivity contribution in [1.82, 2.24) is 0 Å². The fourth-order valence-electron chi connectivity index (χ4n) is 3.69. The van der Waals surface area contributed by atoms with Crippen LogP contribution >= 0.6 is 0 Å². The zero-order chi connectivity index (χ0) is 10.7. The fourth-order valence-corrected chi connectivity index (χ4v) is 3.69. The molecule has 0 aromatic carbocycles. The molecule has 2 aliphatic rings. The molecule has 0 radical (unpaired) electrons. The van der Waals surface area contributed by atoms with E-state index in [1.54, 1.807) is 0 Å². The Bertz CT molecular complexity index is 202. The molecule has 0 aromatic heterocycles. The summed E-state index contributed by atoms with van der Waals surface area (Å²) >= 11 is 0. The normalized spacial score (nSPS) is 33.9. The van der Waals surface area contributed by atoms with Crippen LogP contribution in [0.3, 0.4) is 0 Å². The molecule has 0 aliphatic heterocycles. The van der Waals surface area contributed by atoms with Gasteiger partial charge in [-0.25, -0.2) is 0 Å². The second-order valence-electron chi connectivity index (χ2n) is 5.86. The third-order valence-electron chi connectivity index (χ3n) is 4.79. The Morgan fingerprint density at radius 3 is 1.87 bits per heavy atom. The van der Waals surface area contributed by atoms with Gasteiger partial charge in [-0.1, -0.05) is 44.3 Å². The highest BCUT2D eigenvalue weighted by molar-refractivity contribution is 4.98. The van der Waals surface area contributed by atoms with Crippen LogP contribution in [0.5, 0.6) is 0 Å². The monoisotopic (exact) mass is 206 g/mol. The first-order chi connectivity index (χ1) is 7.27. The van der Waals surface area contributed by atoms with Gasteiger partial charge < -0.3 is 0 Å². The molecule has 0 heterocycles. The quantitative estimate of drug-likeness (QED) is 0.561.